The Bertz CT molecular complexity index is 352. The molecule has 0 unspecified atom stereocenters. The van der Waals surface area contributed by atoms with Gasteiger partial charge in [0.25, 0.3) is 0 Å². The number of rotatable bonds is 3. The summed E-state index contributed by atoms with van der Waals surface area (Å²) in [6.45, 7) is 4.06. The third-order valence-corrected chi connectivity index (χ3v) is 3.55. The molecule has 0 saturated heterocycles. The molecule has 0 aliphatic rings. The maximum absolute atomic E-state index is 11.9. The smallest absolute Gasteiger partial charge is 0.199 e. The minimum Gasteiger partial charge on any atom is -0.288 e. The predicted molar refractivity (Wildman–Crippen MR) is 67.8 cm³/mol. The average molecular weight is 300 g/mol. The lowest BCUT2D eigenvalue weighted by molar-refractivity contribution is 0.104. The minimum atomic E-state index is 0.130. The molecule has 0 heterocycles. The second-order valence-electron chi connectivity index (χ2n) is 3.14. The highest BCUT2D eigenvalue weighted by Crippen LogP contribution is 2.20. The number of hydrogen-bond donors (Lipinski definition) is 0. The van der Waals surface area contributed by atoms with E-state index in [2.05, 4.69) is 29.5 Å². The van der Waals surface area contributed by atoms with Gasteiger partial charge in [-0.05, 0) is 35.9 Å². The van der Waals surface area contributed by atoms with Gasteiger partial charge in [-0.25, -0.2) is 0 Å². The highest BCUT2D eigenvalue weighted by atomic mass is 127. The molecule has 0 N–H and O–H groups in total. The van der Waals surface area contributed by atoms with E-state index in [1.165, 1.54) is 0 Å². The molecule has 1 nitrogen and oxygen atoms in total. The van der Waals surface area contributed by atoms with Gasteiger partial charge in [0.15, 0.2) is 5.78 Å². The van der Waals surface area contributed by atoms with Gasteiger partial charge in [-0.1, -0.05) is 42.8 Å². The lowest BCUT2D eigenvalue weighted by Gasteiger charge is -2.02. The summed E-state index contributed by atoms with van der Waals surface area (Å²) in [5, 5.41) is 0. The summed E-state index contributed by atoms with van der Waals surface area (Å²) in [5.74, 6) is 0.130. The van der Waals surface area contributed by atoms with Gasteiger partial charge in [0.1, 0.15) is 0 Å². The molecule has 0 radical (unpaired) electrons. The molecule has 74 valence electrons. The van der Waals surface area contributed by atoms with Crippen LogP contribution in [0.25, 0.3) is 0 Å². The second-order valence-corrected chi connectivity index (χ2v) is 4.22. The van der Waals surface area contributed by atoms with Crippen LogP contribution in [0.3, 0.4) is 0 Å². The third kappa shape index (κ3) is 2.67. The van der Waals surface area contributed by atoms with E-state index in [4.69, 9.17) is 0 Å². The SMILES string of the molecule is CC/C(C)=C(\I)C(=O)c1ccccc1. The van der Waals surface area contributed by atoms with Crippen molar-refractivity contribution in [3.63, 3.8) is 0 Å². The Balaban J connectivity index is 2.98. The molecule has 1 rings (SSSR count). The molecule has 1 aromatic carbocycles. The first-order valence-electron chi connectivity index (χ1n) is 4.61. The molecular weight excluding hydrogens is 287 g/mol. The number of allylic oxidation sites excluding steroid dienone is 2. The van der Waals surface area contributed by atoms with Crippen molar-refractivity contribution in [1.82, 2.24) is 0 Å². The van der Waals surface area contributed by atoms with Gasteiger partial charge < -0.3 is 0 Å². The number of carbonyl (C=O) groups excluding carboxylic acids is 1. The van der Waals surface area contributed by atoms with Crippen LogP contribution in [0.1, 0.15) is 30.6 Å². The van der Waals surface area contributed by atoms with Crippen LogP contribution in [0, 0.1) is 0 Å². The monoisotopic (exact) mass is 300 g/mol. The van der Waals surface area contributed by atoms with Crippen LogP contribution in [0.2, 0.25) is 0 Å². The van der Waals surface area contributed by atoms with E-state index in [-0.39, 0.29) is 5.78 Å². The van der Waals surface area contributed by atoms with Crippen molar-refractivity contribution in [1.29, 1.82) is 0 Å². The number of benzene rings is 1. The van der Waals surface area contributed by atoms with Crippen molar-refractivity contribution in [2.45, 2.75) is 20.3 Å². The number of hydrogen-bond acceptors (Lipinski definition) is 1. The van der Waals surface area contributed by atoms with E-state index < -0.39 is 0 Å². The lowest BCUT2D eigenvalue weighted by atomic mass is 10.1. The first-order valence-corrected chi connectivity index (χ1v) is 5.69. The summed E-state index contributed by atoms with van der Waals surface area (Å²) in [6, 6.07) is 9.39. The maximum atomic E-state index is 11.9. The summed E-state index contributed by atoms with van der Waals surface area (Å²) >= 11 is 2.13. The minimum absolute atomic E-state index is 0.130. The van der Waals surface area contributed by atoms with Gasteiger partial charge in [0.2, 0.25) is 0 Å². The summed E-state index contributed by atoms with van der Waals surface area (Å²) in [4.78, 5) is 11.9. The van der Waals surface area contributed by atoms with Crippen molar-refractivity contribution in [2.24, 2.45) is 0 Å². The Labute approximate surface area is 98.4 Å². The lowest BCUT2D eigenvalue weighted by Crippen LogP contribution is -1.99. The number of ketones is 1. The van der Waals surface area contributed by atoms with Crippen molar-refractivity contribution >= 4 is 28.4 Å². The first-order chi connectivity index (χ1) is 6.66. The molecule has 0 saturated carbocycles. The normalized spacial score (nSPS) is 12.2. The molecule has 0 bridgehead atoms. The van der Waals surface area contributed by atoms with Crippen LogP contribution in [-0.4, -0.2) is 5.78 Å². The number of halogens is 1. The van der Waals surface area contributed by atoms with Crippen LogP contribution < -0.4 is 0 Å². The van der Waals surface area contributed by atoms with Gasteiger partial charge in [-0.15, -0.1) is 0 Å². The molecule has 0 spiro atoms. The Kier molecular flexibility index (Phi) is 4.32. The predicted octanol–water partition coefficient (Wildman–Crippen LogP) is 3.99. The zero-order valence-electron chi connectivity index (χ0n) is 8.38. The fraction of sp³-hybridized carbons (Fsp3) is 0.250. The van der Waals surface area contributed by atoms with E-state index in [1.807, 2.05) is 37.3 Å². The molecule has 0 amide bonds. The second kappa shape index (κ2) is 5.29. The third-order valence-electron chi connectivity index (χ3n) is 2.14. The van der Waals surface area contributed by atoms with Gasteiger partial charge >= 0.3 is 0 Å². The average Bonchev–Trinajstić information content (AvgIpc) is 2.27. The van der Waals surface area contributed by atoms with Gasteiger partial charge in [-0.2, -0.15) is 0 Å². The zero-order chi connectivity index (χ0) is 10.6. The van der Waals surface area contributed by atoms with Crippen molar-refractivity contribution in [3.8, 4) is 0 Å². The highest BCUT2D eigenvalue weighted by Gasteiger charge is 2.10. The summed E-state index contributed by atoms with van der Waals surface area (Å²) in [7, 11) is 0. The largest absolute Gasteiger partial charge is 0.288 e. The maximum Gasteiger partial charge on any atom is 0.199 e. The fourth-order valence-electron chi connectivity index (χ4n) is 1.07. The van der Waals surface area contributed by atoms with Crippen molar-refractivity contribution in [2.75, 3.05) is 0 Å². The number of Topliss-reactive ketones (excluding diaryl/α,β-unsaturated/α-hetero) is 1. The Hall–Kier alpha value is -0.640. The highest BCUT2D eigenvalue weighted by molar-refractivity contribution is 14.1. The Morgan fingerprint density at radius 1 is 1.29 bits per heavy atom. The Morgan fingerprint density at radius 2 is 1.86 bits per heavy atom. The first kappa shape index (κ1) is 11.4. The van der Waals surface area contributed by atoms with E-state index in [0.717, 1.165) is 21.1 Å². The molecule has 0 aromatic heterocycles. The van der Waals surface area contributed by atoms with Crippen molar-refractivity contribution in [3.05, 3.63) is 45.0 Å². The standard InChI is InChI=1S/C12H13IO/c1-3-9(2)11(13)12(14)10-7-5-4-6-8-10/h4-8H,3H2,1-2H3/b11-9-. The summed E-state index contributed by atoms with van der Waals surface area (Å²) < 4.78 is 0.844. The quantitative estimate of drug-likeness (QED) is 0.468. The van der Waals surface area contributed by atoms with Gasteiger partial charge in [-0.3, -0.25) is 4.79 Å². The molecule has 0 atom stereocenters. The molecule has 14 heavy (non-hydrogen) atoms. The fourth-order valence-corrected chi connectivity index (χ4v) is 1.76. The summed E-state index contributed by atoms with van der Waals surface area (Å²) in [6.07, 6.45) is 0.927. The zero-order valence-corrected chi connectivity index (χ0v) is 10.5. The van der Waals surface area contributed by atoms with Crippen LogP contribution in [0.15, 0.2) is 39.5 Å². The van der Waals surface area contributed by atoms with E-state index in [1.54, 1.807) is 0 Å². The molecule has 0 aliphatic heterocycles. The molecule has 1 aromatic rings. The van der Waals surface area contributed by atoms with Crippen LogP contribution >= 0.6 is 22.6 Å². The van der Waals surface area contributed by atoms with E-state index >= 15 is 0 Å². The summed E-state index contributed by atoms with van der Waals surface area (Å²) in [5.41, 5.74) is 1.92. The van der Waals surface area contributed by atoms with Crippen LogP contribution in [-0.2, 0) is 0 Å². The number of carbonyl (C=O) groups is 1. The molecule has 0 aliphatic carbocycles. The van der Waals surface area contributed by atoms with Crippen molar-refractivity contribution < 1.29 is 4.79 Å². The van der Waals surface area contributed by atoms with Gasteiger partial charge in [0.05, 0.1) is 3.58 Å². The van der Waals surface area contributed by atoms with E-state index in [9.17, 15) is 4.79 Å². The van der Waals surface area contributed by atoms with E-state index in [0.29, 0.717) is 0 Å². The molecule has 2 heteroatoms. The molecular formula is C12H13IO. The molecule has 0 fully saturated rings. The van der Waals surface area contributed by atoms with Gasteiger partial charge in [0, 0.05) is 5.56 Å². The van der Waals surface area contributed by atoms with Crippen LogP contribution in [0.5, 0.6) is 0 Å². The van der Waals surface area contributed by atoms with Crippen LogP contribution in [0.4, 0.5) is 0 Å². The topological polar surface area (TPSA) is 17.1 Å². The Morgan fingerprint density at radius 3 is 2.36 bits per heavy atom.